The van der Waals surface area contributed by atoms with E-state index in [2.05, 4.69) is 0 Å². The Morgan fingerprint density at radius 1 is 0.262 bits per heavy atom. The van der Waals surface area contributed by atoms with Gasteiger partial charge in [-0.05, 0) is 0 Å². The van der Waals surface area contributed by atoms with Crippen LogP contribution >= 0.6 is 0 Å². The molecule has 0 rings (SSSR count). The van der Waals surface area contributed by atoms with Crippen molar-refractivity contribution in [2.45, 2.75) is 77.8 Å². The summed E-state index contributed by atoms with van der Waals surface area (Å²) in [6.45, 7) is 0. The monoisotopic (exact) mass is 702 g/mol. The lowest BCUT2D eigenvalue weighted by Gasteiger charge is -2.44. The molecule has 0 aromatic heterocycles. The average Bonchev–Trinajstić information content (AvgIpc) is 2.69. The molecular weight excluding hydrogens is 701 g/mol. The van der Waals surface area contributed by atoms with E-state index in [0.717, 1.165) is 4.74 Å². The van der Waals surface area contributed by atoms with Crippen molar-refractivity contribution in [2.75, 3.05) is 0 Å². The Bertz CT molecular complexity index is 981. The predicted molar refractivity (Wildman–Crippen MR) is 68.7 cm³/mol. The summed E-state index contributed by atoms with van der Waals surface area (Å²) in [5.74, 6) is -83.0. The van der Waals surface area contributed by atoms with Gasteiger partial charge in [0.05, 0.1) is 0 Å². The summed E-state index contributed by atoms with van der Waals surface area (Å²) < 4.78 is 350. The molecule has 0 aliphatic heterocycles. The lowest BCUT2D eigenvalue weighted by Crippen LogP contribution is -2.77. The van der Waals surface area contributed by atoms with Gasteiger partial charge in [-0.15, -0.1) is 0 Å². The maximum Gasteiger partial charge on any atom is 0.460 e. The van der Waals surface area contributed by atoms with Crippen LogP contribution in [0.3, 0.4) is 0 Å². The van der Waals surface area contributed by atoms with Crippen LogP contribution < -0.4 is 0 Å². The zero-order chi connectivity index (χ0) is 35.2. The first-order valence-corrected chi connectivity index (χ1v) is 8.48. The number of alkyl halides is 27. The maximum atomic E-state index is 13.5. The Morgan fingerprint density at radius 2 is 0.452 bits per heavy atom. The van der Waals surface area contributed by atoms with E-state index in [1.807, 2.05) is 0 Å². The Balaban J connectivity index is 7.17. The molecule has 0 heterocycles. The molecule has 0 bridgehead atoms. The number of hydrogen-bond donors (Lipinski definition) is 1. The van der Waals surface area contributed by atoms with Crippen molar-refractivity contribution in [1.29, 1.82) is 0 Å². The highest BCUT2D eigenvalue weighted by Gasteiger charge is 2.98. The quantitative estimate of drug-likeness (QED) is 0.209. The standard InChI is InChI=1S/C13HF27O2/c14-1(15,3(18,19)5(22,23)7(26,27)10(32,33)34)2(16,17)4(20,21)6(24,25)8(28,29)12(37,38)42-13(39,40)9(30,31)11(35,36)41/h41H. The van der Waals surface area contributed by atoms with Crippen molar-refractivity contribution in [3.05, 3.63) is 0 Å². The molecule has 0 fully saturated rings. The molecule has 0 saturated heterocycles. The van der Waals surface area contributed by atoms with Gasteiger partial charge in [-0.3, -0.25) is 0 Å². The average molecular weight is 702 g/mol. The largest absolute Gasteiger partial charge is 0.460 e. The molecule has 0 spiro atoms. The van der Waals surface area contributed by atoms with E-state index in [1.165, 1.54) is 0 Å². The van der Waals surface area contributed by atoms with Crippen LogP contribution in [0, 0.1) is 0 Å². The van der Waals surface area contributed by atoms with Gasteiger partial charge in [0.15, 0.2) is 0 Å². The summed E-state index contributed by atoms with van der Waals surface area (Å²) in [6, 6.07) is 0. The molecule has 0 aromatic rings. The fourth-order valence-electron chi connectivity index (χ4n) is 2.01. The number of halogens is 27. The van der Waals surface area contributed by atoms with Crippen LogP contribution in [-0.4, -0.2) is 82.9 Å². The Labute approximate surface area is 207 Å². The third-order valence-electron chi connectivity index (χ3n) is 4.48. The second kappa shape index (κ2) is 9.51. The Morgan fingerprint density at radius 3 is 0.667 bits per heavy atom. The van der Waals surface area contributed by atoms with Gasteiger partial charge in [-0.2, -0.15) is 119 Å². The molecule has 0 amide bonds. The van der Waals surface area contributed by atoms with Crippen molar-refractivity contribution in [1.82, 2.24) is 0 Å². The van der Waals surface area contributed by atoms with E-state index in [-0.39, 0.29) is 0 Å². The van der Waals surface area contributed by atoms with Crippen molar-refractivity contribution in [2.24, 2.45) is 0 Å². The summed E-state index contributed by atoms with van der Waals surface area (Å²) in [7, 11) is 0. The Kier molecular flexibility index (Phi) is 9.07. The van der Waals surface area contributed by atoms with Crippen molar-refractivity contribution >= 4 is 0 Å². The number of rotatable bonds is 12. The second-order valence-electron chi connectivity index (χ2n) is 7.34. The molecule has 0 aliphatic rings. The molecule has 2 nitrogen and oxygen atoms in total. The van der Waals surface area contributed by atoms with Crippen LogP contribution in [-0.2, 0) is 4.74 Å². The smallest absolute Gasteiger partial charge is 0.331 e. The molecule has 0 atom stereocenters. The number of hydrogen-bond acceptors (Lipinski definition) is 2. The van der Waals surface area contributed by atoms with E-state index in [1.54, 1.807) is 0 Å². The topological polar surface area (TPSA) is 29.5 Å². The normalized spacial score (nSPS) is 17.1. The van der Waals surface area contributed by atoms with Crippen molar-refractivity contribution in [3.63, 3.8) is 0 Å². The van der Waals surface area contributed by atoms with Gasteiger partial charge in [0, 0.05) is 0 Å². The minimum Gasteiger partial charge on any atom is -0.331 e. The summed E-state index contributed by atoms with van der Waals surface area (Å²) in [5, 5.41) is 7.43. The molecule has 0 aromatic carbocycles. The molecule has 254 valence electrons. The highest BCUT2D eigenvalue weighted by molar-refractivity contribution is 5.17. The zero-order valence-electron chi connectivity index (χ0n) is 17.6. The first-order chi connectivity index (χ1) is 17.5. The van der Waals surface area contributed by atoms with Gasteiger partial charge in [0.2, 0.25) is 0 Å². The highest BCUT2D eigenvalue weighted by atomic mass is 19.4. The van der Waals surface area contributed by atoms with E-state index >= 15 is 0 Å². The lowest BCUT2D eigenvalue weighted by atomic mass is 9.87. The minimum atomic E-state index is -9.68. The van der Waals surface area contributed by atoms with Crippen LogP contribution in [0.4, 0.5) is 119 Å². The van der Waals surface area contributed by atoms with Gasteiger partial charge >= 0.3 is 77.8 Å². The zero-order valence-corrected chi connectivity index (χ0v) is 17.6. The van der Waals surface area contributed by atoms with Crippen molar-refractivity contribution in [3.8, 4) is 0 Å². The summed E-state index contributed by atoms with van der Waals surface area (Å²) in [6.07, 6.45) is -32.6. The second-order valence-corrected chi connectivity index (χ2v) is 7.34. The van der Waals surface area contributed by atoms with E-state index in [0.29, 0.717) is 0 Å². The summed E-state index contributed by atoms with van der Waals surface area (Å²) in [5.41, 5.74) is 0. The van der Waals surface area contributed by atoms with Crippen LogP contribution in [0.1, 0.15) is 0 Å². The maximum absolute atomic E-state index is 13.5. The fourth-order valence-corrected chi connectivity index (χ4v) is 2.01. The minimum absolute atomic E-state index is 0.820. The van der Waals surface area contributed by atoms with E-state index < -0.39 is 77.8 Å². The lowest BCUT2D eigenvalue weighted by molar-refractivity contribution is -0.528. The molecule has 0 saturated carbocycles. The molecule has 42 heavy (non-hydrogen) atoms. The van der Waals surface area contributed by atoms with Gasteiger partial charge in [0.1, 0.15) is 0 Å². The first-order valence-electron chi connectivity index (χ1n) is 8.48. The molecular formula is C13HF27O2. The first kappa shape index (κ1) is 40.0. The SMILES string of the molecule is OC(F)(F)C(F)(F)C(F)(F)OC(F)(F)C(F)(F)C(F)(F)C(F)(F)C(F)(F)C(F)(F)C(F)(F)C(F)(F)C(F)(F)C(F)(F)F. The molecule has 0 unspecified atom stereocenters. The van der Waals surface area contributed by atoms with Crippen LogP contribution in [0.5, 0.6) is 0 Å². The van der Waals surface area contributed by atoms with Gasteiger partial charge in [-0.25, -0.2) is 4.74 Å². The summed E-state index contributed by atoms with van der Waals surface area (Å²) >= 11 is 0. The van der Waals surface area contributed by atoms with Crippen molar-refractivity contribution < 1.29 is 128 Å². The fraction of sp³-hybridized carbons (Fsp3) is 1.00. The third-order valence-corrected chi connectivity index (χ3v) is 4.48. The van der Waals surface area contributed by atoms with Crippen LogP contribution in [0.15, 0.2) is 0 Å². The number of ether oxygens (including phenoxy) is 1. The summed E-state index contributed by atoms with van der Waals surface area (Å²) in [4.78, 5) is 0. The van der Waals surface area contributed by atoms with Gasteiger partial charge in [-0.1, -0.05) is 0 Å². The Hall–Kier alpha value is -1.97. The molecule has 29 heteroatoms. The number of aliphatic hydroxyl groups is 1. The van der Waals surface area contributed by atoms with E-state index in [9.17, 15) is 119 Å². The third kappa shape index (κ3) is 4.91. The van der Waals surface area contributed by atoms with Crippen LogP contribution in [0.2, 0.25) is 0 Å². The predicted octanol–water partition coefficient (Wildman–Crippen LogP) is 8.05. The van der Waals surface area contributed by atoms with Gasteiger partial charge < -0.3 is 5.11 Å². The van der Waals surface area contributed by atoms with E-state index in [4.69, 9.17) is 5.11 Å². The highest BCUT2D eigenvalue weighted by Crippen LogP contribution is 2.66. The molecule has 1 N–H and O–H groups in total. The molecule has 0 aliphatic carbocycles. The van der Waals surface area contributed by atoms with Crippen LogP contribution in [0.25, 0.3) is 0 Å². The van der Waals surface area contributed by atoms with Gasteiger partial charge in [0.25, 0.3) is 0 Å². The molecule has 0 radical (unpaired) electrons.